The van der Waals surface area contributed by atoms with E-state index in [1.54, 1.807) is 4.90 Å². The van der Waals surface area contributed by atoms with Gasteiger partial charge in [0.2, 0.25) is 0 Å². The smallest absolute Gasteiger partial charge is 0.255 e. The number of carbonyl (C=O) groups is 1. The molecule has 0 aliphatic rings. The molecule has 0 unspecified atom stereocenters. The Balaban J connectivity index is 2.85. The molecule has 0 aromatic carbocycles. The van der Waals surface area contributed by atoms with E-state index in [4.69, 9.17) is 11.6 Å². The second-order valence-electron chi connectivity index (χ2n) is 3.22. The third-order valence-electron chi connectivity index (χ3n) is 2.02. The molecular formula is C10H12Br2ClNOS. The standard InChI is InChI=1S/C10H12Br2ClNOS/c1-2-4-14(5-3-13)10(15)7-6-8(11)16-9(7)12/h6H,2-5H2,1H3. The summed E-state index contributed by atoms with van der Waals surface area (Å²) in [4.78, 5) is 14.0. The molecule has 1 amide bonds. The summed E-state index contributed by atoms with van der Waals surface area (Å²) in [5.74, 6) is 0.505. The summed E-state index contributed by atoms with van der Waals surface area (Å²) in [5, 5.41) is 0. The van der Waals surface area contributed by atoms with Crippen LogP contribution in [0.25, 0.3) is 0 Å². The fraction of sp³-hybridized carbons (Fsp3) is 0.500. The van der Waals surface area contributed by atoms with Crippen molar-refractivity contribution < 1.29 is 4.79 Å². The highest BCUT2D eigenvalue weighted by atomic mass is 79.9. The molecule has 0 bridgehead atoms. The van der Waals surface area contributed by atoms with Crippen LogP contribution in [0.5, 0.6) is 0 Å². The summed E-state index contributed by atoms with van der Waals surface area (Å²) in [5.41, 5.74) is 0.704. The third-order valence-corrected chi connectivity index (χ3v) is 4.53. The topological polar surface area (TPSA) is 20.3 Å². The Morgan fingerprint density at radius 2 is 2.19 bits per heavy atom. The van der Waals surface area contributed by atoms with Crippen molar-refractivity contribution in [1.29, 1.82) is 0 Å². The van der Waals surface area contributed by atoms with Gasteiger partial charge in [0.1, 0.15) is 0 Å². The molecule has 0 N–H and O–H groups in total. The zero-order chi connectivity index (χ0) is 12.1. The first-order valence-electron chi connectivity index (χ1n) is 4.90. The van der Waals surface area contributed by atoms with Gasteiger partial charge in [-0.25, -0.2) is 0 Å². The van der Waals surface area contributed by atoms with Crippen LogP contribution < -0.4 is 0 Å². The lowest BCUT2D eigenvalue weighted by atomic mass is 10.3. The molecule has 2 nitrogen and oxygen atoms in total. The zero-order valence-corrected chi connectivity index (χ0v) is 13.5. The second kappa shape index (κ2) is 6.99. The van der Waals surface area contributed by atoms with Gasteiger partial charge in [0, 0.05) is 19.0 Å². The predicted octanol–water partition coefficient (Wildman–Crippen LogP) is 4.36. The Labute approximate surface area is 121 Å². The van der Waals surface area contributed by atoms with E-state index in [0.29, 0.717) is 18.0 Å². The van der Waals surface area contributed by atoms with Crippen molar-refractivity contribution in [2.45, 2.75) is 13.3 Å². The number of amides is 1. The molecule has 0 spiro atoms. The van der Waals surface area contributed by atoms with Gasteiger partial charge < -0.3 is 4.90 Å². The van der Waals surface area contributed by atoms with E-state index in [9.17, 15) is 4.79 Å². The number of alkyl halides is 1. The van der Waals surface area contributed by atoms with E-state index in [1.165, 1.54) is 11.3 Å². The van der Waals surface area contributed by atoms with Crippen LogP contribution in [0.4, 0.5) is 0 Å². The van der Waals surface area contributed by atoms with Crippen LogP contribution in [0.15, 0.2) is 13.6 Å². The van der Waals surface area contributed by atoms with Crippen LogP contribution in [-0.4, -0.2) is 29.8 Å². The fourth-order valence-electron chi connectivity index (χ4n) is 1.34. The van der Waals surface area contributed by atoms with Gasteiger partial charge in [0.05, 0.1) is 13.1 Å². The van der Waals surface area contributed by atoms with E-state index in [0.717, 1.165) is 20.5 Å². The molecule has 1 aromatic heterocycles. The zero-order valence-electron chi connectivity index (χ0n) is 8.80. The predicted molar refractivity (Wildman–Crippen MR) is 76.6 cm³/mol. The first-order chi connectivity index (χ1) is 7.60. The van der Waals surface area contributed by atoms with Crippen molar-refractivity contribution in [2.75, 3.05) is 19.0 Å². The minimum absolute atomic E-state index is 0.0383. The van der Waals surface area contributed by atoms with Crippen molar-refractivity contribution in [3.05, 3.63) is 19.2 Å². The molecule has 1 rings (SSSR count). The monoisotopic (exact) mass is 387 g/mol. The van der Waals surface area contributed by atoms with Crippen LogP contribution in [0, 0.1) is 0 Å². The van der Waals surface area contributed by atoms with Gasteiger partial charge in [0.15, 0.2) is 0 Å². The number of carbonyl (C=O) groups excluding carboxylic acids is 1. The van der Waals surface area contributed by atoms with Crippen LogP contribution in [0.3, 0.4) is 0 Å². The Kier molecular flexibility index (Phi) is 6.32. The Morgan fingerprint density at radius 3 is 2.62 bits per heavy atom. The van der Waals surface area contributed by atoms with Gasteiger partial charge in [-0.05, 0) is 44.3 Å². The lowest BCUT2D eigenvalue weighted by molar-refractivity contribution is 0.0765. The molecule has 0 radical (unpaired) electrons. The number of halogens is 3. The summed E-state index contributed by atoms with van der Waals surface area (Å²) < 4.78 is 1.81. The van der Waals surface area contributed by atoms with Crippen LogP contribution in [0.2, 0.25) is 0 Å². The van der Waals surface area contributed by atoms with Gasteiger partial charge in [0.25, 0.3) is 5.91 Å². The molecule has 1 heterocycles. The number of hydrogen-bond acceptors (Lipinski definition) is 2. The summed E-state index contributed by atoms with van der Waals surface area (Å²) in [7, 11) is 0. The number of nitrogens with zero attached hydrogens (tertiary/aromatic N) is 1. The maximum atomic E-state index is 12.2. The van der Waals surface area contributed by atoms with Crippen molar-refractivity contribution in [1.82, 2.24) is 4.90 Å². The Bertz CT molecular complexity index is 364. The van der Waals surface area contributed by atoms with Gasteiger partial charge in [-0.15, -0.1) is 22.9 Å². The molecule has 0 fully saturated rings. The quantitative estimate of drug-likeness (QED) is 0.685. The van der Waals surface area contributed by atoms with Crippen LogP contribution in [-0.2, 0) is 0 Å². The Hall–Kier alpha value is 0.420. The van der Waals surface area contributed by atoms with E-state index in [-0.39, 0.29) is 5.91 Å². The number of thiophene rings is 1. The Morgan fingerprint density at radius 1 is 1.50 bits per heavy atom. The molecular weight excluding hydrogens is 377 g/mol. The molecule has 16 heavy (non-hydrogen) atoms. The van der Waals surface area contributed by atoms with E-state index in [2.05, 4.69) is 31.9 Å². The summed E-state index contributed by atoms with van der Waals surface area (Å²) in [6, 6.07) is 1.84. The van der Waals surface area contributed by atoms with Gasteiger partial charge in [-0.2, -0.15) is 0 Å². The van der Waals surface area contributed by atoms with Gasteiger partial charge in [-0.3, -0.25) is 4.79 Å². The minimum atomic E-state index is 0.0383. The molecule has 0 aliphatic carbocycles. The lowest BCUT2D eigenvalue weighted by Gasteiger charge is -2.20. The highest BCUT2D eigenvalue weighted by Gasteiger charge is 2.19. The largest absolute Gasteiger partial charge is 0.337 e. The minimum Gasteiger partial charge on any atom is -0.337 e. The van der Waals surface area contributed by atoms with Crippen molar-refractivity contribution in [2.24, 2.45) is 0 Å². The highest BCUT2D eigenvalue weighted by Crippen LogP contribution is 2.32. The highest BCUT2D eigenvalue weighted by molar-refractivity contribution is 9.12. The maximum Gasteiger partial charge on any atom is 0.255 e. The molecule has 6 heteroatoms. The van der Waals surface area contributed by atoms with Gasteiger partial charge in [-0.1, -0.05) is 6.92 Å². The summed E-state index contributed by atoms with van der Waals surface area (Å²) >= 11 is 14.0. The molecule has 1 aromatic rings. The van der Waals surface area contributed by atoms with Gasteiger partial charge >= 0.3 is 0 Å². The average Bonchev–Trinajstić information content (AvgIpc) is 2.56. The lowest BCUT2D eigenvalue weighted by Crippen LogP contribution is -2.33. The first kappa shape index (κ1) is 14.5. The van der Waals surface area contributed by atoms with Crippen molar-refractivity contribution >= 4 is 60.7 Å². The fourth-order valence-corrected chi connectivity index (χ4v) is 4.32. The molecule has 0 atom stereocenters. The van der Waals surface area contributed by atoms with Crippen molar-refractivity contribution in [3.63, 3.8) is 0 Å². The normalized spacial score (nSPS) is 10.5. The summed E-state index contributed by atoms with van der Waals surface area (Å²) in [6.07, 6.45) is 0.936. The number of rotatable bonds is 5. The second-order valence-corrected chi connectivity index (χ2v) is 7.35. The van der Waals surface area contributed by atoms with Crippen LogP contribution >= 0.6 is 54.8 Å². The van der Waals surface area contributed by atoms with E-state index in [1.807, 2.05) is 13.0 Å². The average molecular weight is 390 g/mol. The molecule has 0 aliphatic heterocycles. The van der Waals surface area contributed by atoms with E-state index >= 15 is 0 Å². The molecule has 0 saturated carbocycles. The molecule has 0 saturated heterocycles. The van der Waals surface area contributed by atoms with Crippen molar-refractivity contribution in [3.8, 4) is 0 Å². The maximum absolute atomic E-state index is 12.2. The SMILES string of the molecule is CCCN(CCCl)C(=O)c1cc(Br)sc1Br. The summed E-state index contributed by atoms with van der Waals surface area (Å²) in [6.45, 7) is 3.38. The third kappa shape index (κ3) is 3.72. The number of hydrogen-bond donors (Lipinski definition) is 0. The van der Waals surface area contributed by atoms with Crippen LogP contribution in [0.1, 0.15) is 23.7 Å². The first-order valence-corrected chi connectivity index (χ1v) is 7.84. The van der Waals surface area contributed by atoms with E-state index < -0.39 is 0 Å². The molecule has 90 valence electrons.